The van der Waals surface area contributed by atoms with Crippen molar-refractivity contribution in [3.05, 3.63) is 54.4 Å². The molecule has 120 valence electrons. The number of aromatic nitrogens is 1. The Morgan fingerprint density at radius 1 is 1.26 bits per heavy atom. The van der Waals surface area contributed by atoms with Crippen LogP contribution >= 0.6 is 0 Å². The lowest BCUT2D eigenvalue weighted by Crippen LogP contribution is -2.49. The third kappa shape index (κ3) is 3.05. The van der Waals surface area contributed by atoms with Crippen molar-refractivity contribution in [2.75, 3.05) is 10.8 Å². The summed E-state index contributed by atoms with van der Waals surface area (Å²) in [5.74, 6) is -0.173. The van der Waals surface area contributed by atoms with Crippen molar-refractivity contribution in [1.29, 1.82) is 0 Å². The first-order valence-electron chi connectivity index (χ1n) is 7.26. The molecule has 0 radical (unpaired) electrons. The number of hydrogen-bond donors (Lipinski definition) is 1. The van der Waals surface area contributed by atoms with Gasteiger partial charge in [-0.25, -0.2) is 8.42 Å². The number of carbonyl (C=O) groups is 1. The first kappa shape index (κ1) is 15.5. The zero-order valence-corrected chi connectivity index (χ0v) is 13.5. The maximum Gasteiger partial charge on any atom is 0.265 e. The fraction of sp³-hybridized carbons (Fsp3) is 0.250. The van der Waals surface area contributed by atoms with Gasteiger partial charge in [0.05, 0.1) is 18.3 Å². The second-order valence-corrected chi connectivity index (χ2v) is 7.32. The third-order valence-corrected chi connectivity index (χ3v) is 5.51. The van der Waals surface area contributed by atoms with Crippen LogP contribution in [0, 0.1) is 0 Å². The molecule has 0 spiro atoms. The summed E-state index contributed by atoms with van der Waals surface area (Å²) < 4.78 is 27.3. The summed E-state index contributed by atoms with van der Waals surface area (Å²) in [7, 11) is -3.72. The monoisotopic (exact) mass is 331 g/mol. The van der Waals surface area contributed by atoms with E-state index in [1.54, 1.807) is 12.1 Å². The average molecular weight is 331 g/mol. The Hall–Kier alpha value is -2.41. The van der Waals surface area contributed by atoms with Crippen LogP contribution in [-0.4, -0.2) is 31.9 Å². The minimum atomic E-state index is -3.72. The minimum Gasteiger partial charge on any atom is -0.351 e. The van der Waals surface area contributed by atoms with Crippen molar-refractivity contribution in [1.82, 2.24) is 10.3 Å². The lowest BCUT2D eigenvalue weighted by Gasteiger charge is -2.35. The number of nitrogens with one attached hydrogen (secondary N) is 1. The number of rotatable bonds is 3. The Morgan fingerprint density at radius 2 is 2.04 bits per heavy atom. The molecule has 1 aliphatic heterocycles. The topological polar surface area (TPSA) is 79.4 Å². The van der Waals surface area contributed by atoms with E-state index in [0.29, 0.717) is 12.1 Å². The normalized spacial score (nSPS) is 17.4. The summed E-state index contributed by atoms with van der Waals surface area (Å²) in [5, 5.41) is 2.82. The first-order chi connectivity index (χ1) is 11.0. The van der Waals surface area contributed by atoms with E-state index in [1.165, 1.54) is 29.7 Å². The summed E-state index contributed by atoms with van der Waals surface area (Å²) in [6.45, 7) is 1.63. The zero-order chi connectivity index (χ0) is 16.4. The largest absolute Gasteiger partial charge is 0.351 e. The van der Waals surface area contributed by atoms with Crippen LogP contribution in [-0.2, 0) is 21.2 Å². The zero-order valence-electron chi connectivity index (χ0n) is 12.6. The van der Waals surface area contributed by atoms with E-state index in [9.17, 15) is 13.2 Å². The number of benzene rings is 1. The highest BCUT2D eigenvalue weighted by Crippen LogP contribution is 2.31. The van der Waals surface area contributed by atoms with E-state index in [4.69, 9.17) is 0 Å². The van der Waals surface area contributed by atoms with Crippen LogP contribution in [0.3, 0.4) is 0 Å². The molecule has 2 aromatic rings. The fourth-order valence-corrected chi connectivity index (χ4v) is 4.31. The number of fused-ring (bicyclic) bond motifs is 1. The highest BCUT2D eigenvalue weighted by atomic mass is 32.2. The van der Waals surface area contributed by atoms with E-state index >= 15 is 0 Å². The van der Waals surface area contributed by atoms with Crippen molar-refractivity contribution < 1.29 is 13.2 Å². The Kier molecular flexibility index (Phi) is 4.04. The van der Waals surface area contributed by atoms with Crippen LogP contribution in [0.2, 0.25) is 0 Å². The molecule has 0 aliphatic carbocycles. The Morgan fingerprint density at radius 3 is 2.74 bits per heavy atom. The van der Waals surface area contributed by atoms with E-state index in [0.717, 1.165) is 5.56 Å². The molecule has 0 saturated heterocycles. The molecule has 0 saturated carbocycles. The van der Waals surface area contributed by atoms with Crippen molar-refractivity contribution in [3.63, 3.8) is 0 Å². The molecule has 0 bridgehead atoms. The maximum absolute atomic E-state index is 13.0. The van der Waals surface area contributed by atoms with E-state index in [2.05, 4.69) is 10.3 Å². The molecule has 1 unspecified atom stereocenters. The number of carbonyl (C=O) groups excluding carboxylic acids is 1. The van der Waals surface area contributed by atoms with E-state index in [1.807, 2.05) is 18.2 Å². The summed E-state index contributed by atoms with van der Waals surface area (Å²) in [5.41, 5.74) is 1.54. The average Bonchev–Trinajstić information content (AvgIpc) is 2.54. The number of pyridine rings is 1. The number of sulfonamides is 1. The van der Waals surface area contributed by atoms with Gasteiger partial charge in [0, 0.05) is 19.3 Å². The van der Waals surface area contributed by atoms with Gasteiger partial charge in [0.1, 0.15) is 4.90 Å². The maximum atomic E-state index is 13.0. The Bertz CT molecular complexity index is 821. The first-order valence-corrected chi connectivity index (χ1v) is 8.70. The second kappa shape index (κ2) is 6.00. The van der Waals surface area contributed by atoms with Gasteiger partial charge in [0.15, 0.2) is 0 Å². The molecule has 2 heterocycles. The molecule has 1 aromatic carbocycles. The van der Waals surface area contributed by atoms with Gasteiger partial charge in [-0.2, -0.15) is 0 Å². The number of anilines is 1. The van der Waals surface area contributed by atoms with Gasteiger partial charge >= 0.3 is 0 Å². The standard InChI is InChI=1S/C16H17N3O3S/c1-12(20)18-14-9-13-5-2-3-7-16(13)19(11-14)23(21,22)15-6-4-8-17-10-15/h2-8,10,14H,9,11H2,1H3,(H,18,20). The number of nitrogens with zero attached hydrogens (tertiary/aromatic N) is 2. The molecular weight excluding hydrogens is 314 g/mol. The van der Waals surface area contributed by atoms with Gasteiger partial charge in [0.2, 0.25) is 5.91 Å². The molecular formula is C16H17N3O3S. The van der Waals surface area contributed by atoms with Gasteiger partial charge in [-0.1, -0.05) is 18.2 Å². The molecule has 1 aliphatic rings. The van der Waals surface area contributed by atoms with Gasteiger partial charge < -0.3 is 5.32 Å². The van der Waals surface area contributed by atoms with Crippen molar-refractivity contribution in [3.8, 4) is 0 Å². The SMILES string of the molecule is CC(=O)NC1Cc2ccccc2N(S(=O)(=O)c2cccnc2)C1. The fourth-order valence-electron chi connectivity index (χ4n) is 2.79. The van der Waals surface area contributed by atoms with Crippen LogP contribution in [0.4, 0.5) is 5.69 Å². The highest BCUT2D eigenvalue weighted by molar-refractivity contribution is 7.92. The minimum absolute atomic E-state index is 0.137. The number of para-hydroxylation sites is 1. The number of amides is 1. The number of hydrogen-bond acceptors (Lipinski definition) is 4. The van der Waals surface area contributed by atoms with Gasteiger partial charge in [0.25, 0.3) is 10.0 Å². The third-order valence-electron chi connectivity index (χ3n) is 3.74. The van der Waals surface area contributed by atoms with Crippen LogP contribution < -0.4 is 9.62 Å². The molecule has 6 nitrogen and oxygen atoms in total. The van der Waals surface area contributed by atoms with Gasteiger partial charge in [-0.15, -0.1) is 0 Å². The van der Waals surface area contributed by atoms with Crippen molar-refractivity contribution >= 4 is 21.6 Å². The summed E-state index contributed by atoms with van der Waals surface area (Å²) in [6, 6.07) is 10.2. The predicted molar refractivity (Wildman–Crippen MR) is 86.5 cm³/mol. The summed E-state index contributed by atoms with van der Waals surface area (Å²) >= 11 is 0. The lowest BCUT2D eigenvalue weighted by atomic mass is 10.00. The van der Waals surface area contributed by atoms with Crippen molar-refractivity contribution in [2.24, 2.45) is 0 Å². The Balaban J connectivity index is 2.05. The van der Waals surface area contributed by atoms with Crippen LogP contribution in [0.1, 0.15) is 12.5 Å². The lowest BCUT2D eigenvalue weighted by molar-refractivity contribution is -0.119. The van der Waals surface area contributed by atoms with Gasteiger partial charge in [-0.3, -0.25) is 14.1 Å². The summed E-state index contributed by atoms with van der Waals surface area (Å²) in [4.78, 5) is 15.4. The van der Waals surface area contributed by atoms with Crippen LogP contribution in [0.5, 0.6) is 0 Å². The van der Waals surface area contributed by atoms with Crippen LogP contribution in [0.15, 0.2) is 53.7 Å². The van der Waals surface area contributed by atoms with Crippen molar-refractivity contribution in [2.45, 2.75) is 24.3 Å². The molecule has 0 fully saturated rings. The second-order valence-electron chi connectivity index (χ2n) is 5.46. The van der Waals surface area contributed by atoms with Gasteiger partial charge in [-0.05, 0) is 30.2 Å². The van der Waals surface area contributed by atoms with E-state index in [-0.39, 0.29) is 23.4 Å². The molecule has 1 aromatic heterocycles. The molecule has 1 atom stereocenters. The smallest absolute Gasteiger partial charge is 0.265 e. The van der Waals surface area contributed by atoms with Crippen LogP contribution in [0.25, 0.3) is 0 Å². The molecule has 1 N–H and O–H groups in total. The highest BCUT2D eigenvalue weighted by Gasteiger charge is 2.33. The molecule has 1 amide bonds. The molecule has 3 rings (SSSR count). The van der Waals surface area contributed by atoms with E-state index < -0.39 is 10.0 Å². The summed E-state index contributed by atoms with van der Waals surface area (Å²) in [6.07, 6.45) is 3.47. The Labute approximate surface area is 135 Å². The predicted octanol–water partition coefficient (Wildman–Crippen LogP) is 1.34. The molecule has 23 heavy (non-hydrogen) atoms. The molecule has 7 heteroatoms. The quantitative estimate of drug-likeness (QED) is 0.920.